The summed E-state index contributed by atoms with van der Waals surface area (Å²) in [4.78, 5) is 0. The van der Waals surface area contributed by atoms with Gasteiger partial charge in [0.15, 0.2) is 11.5 Å². The first-order valence-corrected chi connectivity index (χ1v) is 7.76. The number of halogens is 2. The van der Waals surface area contributed by atoms with E-state index in [0.717, 1.165) is 25.9 Å². The summed E-state index contributed by atoms with van der Waals surface area (Å²) >= 11 is 6.95. The molecule has 0 fully saturated rings. The molecule has 0 aromatic heterocycles. The molecule has 2 aromatic rings. The second kappa shape index (κ2) is 7.04. The monoisotopic (exact) mass is 415 g/mol. The van der Waals surface area contributed by atoms with Crippen molar-refractivity contribution >= 4 is 37.5 Å². The molecule has 112 valence electrons. The second-order valence-corrected chi connectivity index (χ2v) is 6.04. The van der Waals surface area contributed by atoms with Gasteiger partial charge in [-0.2, -0.15) is 0 Å². The van der Waals surface area contributed by atoms with Gasteiger partial charge in [-0.25, -0.2) is 0 Å². The number of phenolic OH excluding ortho intramolecular Hbond substituents is 1. The molecule has 4 nitrogen and oxygen atoms in total. The molecule has 0 saturated carbocycles. The Bertz CT molecular complexity index is 624. The van der Waals surface area contributed by atoms with E-state index >= 15 is 0 Å². The molecule has 6 heteroatoms. The first-order valence-electron chi connectivity index (χ1n) is 6.18. The minimum atomic E-state index is 0.111. The molecule has 21 heavy (non-hydrogen) atoms. The topological polar surface area (TPSA) is 50.7 Å². The van der Waals surface area contributed by atoms with E-state index < -0.39 is 0 Å². The van der Waals surface area contributed by atoms with Crippen LogP contribution >= 0.6 is 31.9 Å². The molecule has 0 aliphatic carbocycles. The zero-order valence-electron chi connectivity index (χ0n) is 11.6. The molecule has 0 aliphatic heterocycles. The Balaban J connectivity index is 2.11. The van der Waals surface area contributed by atoms with Crippen LogP contribution in [0.2, 0.25) is 0 Å². The lowest BCUT2D eigenvalue weighted by Crippen LogP contribution is -2.00. The van der Waals surface area contributed by atoms with Crippen LogP contribution in [0.3, 0.4) is 0 Å². The number of ether oxygens (including phenoxy) is 2. The summed E-state index contributed by atoms with van der Waals surface area (Å²) in [5.41, 5.74) is 1.89. The van der Waals surface area contributed by atoms with Gasteiger partial charge in [-0.15, -0.1) is 0 Å². The molecule has 0 heterocycles. The van der Waals surface area contributed by atoms with E-state index in [1.165, 1.54) is 7.11 Å². The SMILES string of the molecule is COc1ccc(NCc2cc(Br)c(OC)c(Br)c2)cc1O. The maximum Gasteiger partial charge on any atom is 0.160 e. The Labute approximate surface area is 140 Å². The Kier molecular flexibility index (Phi) is 5.36. The van der Waals surface area contributed by atoms with E-state index in [1.807, 2.05) is 18.2 Å². The smallest absolute Gasteiger partial charge is 0.160 e. The predicted molar refractivity (Wildman–Crippen MR) is 90.4 cm³/mol. The molecule has 0 saturated heterocycles. The minimum absolute atomic E-state index is 0.111. The molecular weight excluding hydrogens is 402 g/mol. The third-order valence-electron chi connectivity index (χ3n) is 2.94. The largest absolute Gasteiger partial charge is 0.504 e. The maximum atomic E-state index is 9.75. The molecule has 0 radical (unpaired) electrons. The van der Waals surface area contributed by atoms with Gasteiger partial charge < -0.3 is 19.9 Å². The van der Waals surface area contributed by atoms with Crippen molar-refractivity contribution in [2.45, 2.75) is 6.54 Å². The summed E-state index contributed by atoms with van der Waals surface area (Å²) in [6.07, 6.45) is 0. The van der Waals surface area contributed by atoms with Crippen LogP contribution in [-0.4, -0.2) is 19.3 Å². The molecule has 2 rings (SSSR count). The molecule has 2 aromatic carbocycles. The van der Waals surface area contributed by atoms with Crippen LogP contribution in [0.15, 0.2) is 39.3 Å². The normalized spacial score (nSPS) is 10.3. The molecule has 0 atom stereocenters. The Hall–Kier alpha value is -1.40. The first kappa shape index (κ1) is 16.0. The summed E-state index contributed by atoms with van der Waals surface area (Å²) < 4.78 is 12.1. The van der Waals surface area contributed by atoms with Gasteiger partial charge in [-0.1, -0.05) is 0 Å². The van der Waals surface area contributed by atoms with Gasteiger partial charge in [-0.05, 0) is 61.7 Å². The fourth-order valence-electron chi connectivity index (χ4n) is 1.91. The Morgan fingerprint density at radius 1 is 1.05 bits per heavy atom. The molecule has 2 N–H and O–H groups in total. The lowest BCUT2D eigenvalue weighted by atomic mass is 10.2. The van der Waals surface area contributed by atoms with Gasteiger partial charge in [0, 0.05) is 18.3 Å². The van der Waals surface area contributed by atoms with Crippen molar-refractivity contribution in [2.24, 2.45) is 0 Å². The van der Waals surface area contributed by atoms with Crippen molar-refractivity contribution in [3.05, 3.63) is 44.8 Å². The number of aromatic hydroxyl groups is 1. The highest BCUT2D eigenvalue weighted by Crippen LogP contribution is 2.35. The van der Waals surface area contributed by atoms with E-state index in [-0.39, 0.29) is 5.75 Å². The number of phenols is 1. The first-order chi connectivity index (χ1) is 10.0. The van der Waals surface area contributed by atoms with Gasteiger partial charge in [0.1, 0.15) is 5.75 Å². The number of anilines is 1. The highest BCUT2D eigenvalue weighted by Gasteiger charge is 2.08. The van der Waals surface area contributed by atoms with Crippen molar-refractivity contribution in [1.29, 1.82) is 0 Å². The van der Waals surface area contributed by atoms with E-state index in [9.17, 15) is 5.11 Å². The Morgan fingerprint density at radius 3 is 2.24 bits per heavy atom. The molecule has 0 unspecified atom stereocenters. The summed E-state index contributed by atoms with van der Waals surface area (Å²) in [6.45, 7) is 0.618. The zero-order chi connectivity index (χ0) is 15.4. The van der Waals surface area contributed by atoms with E-state index in [1.54, 1.807) is 19.2 Å². The predicted octanol–water partition coefficient (Wildman–Crippen LogP) is 4.55. The molecule has 0 bridgehead atoms. The molecule has 0 spiro atoms. The number of benzene rings is 2. The van der Waals surface area contributed by atoms with Crippen LogP contribution in [0.1, 0.15) is 5.56 Å². The highest BCUT2D eigenvalue weighted by atomic mass is 79.9. The molecule has 0 aliphatic rings. The van der Waals surface area contributed by atoms with Crippen LogP contribution in [0, 0.1) is 0 Å². The van der Waals surface area contributed by atoms with E-state index in [2.05, 4.69) is 37.2 Å². The quantitative estimate of drug-likeness (QED) is 0.750. The summed E-state index contributed by atoms with van der Waals surface area (Å²) in [7, 11) is 3.15. The number of hydrogen-bond acceptors (Lipinski definition) is 4. The molecular formula is C15H15Br2NO3. The number of hydrogen-bond donors (Lipinski definition) is 2. The number of rotatable bonds is 5. The lowest BCUT2D eigenvalue weighted by molar-refractivity contribution is 0.373. The fourth-order valence-corrected chi connectivity index (χ4v) is 3.52. The van der Waals surface area contributed by atoms with E-state index in [4.69, 9.17) is 9.47 Å². The van der Waals surface area contributed by atoms with Crippen molar-refractivity contribution < 1.29 is 14.6 Å². The maximum absolute atomic E-state index is 9.75. The van der Waals surface area contributed by atoms with Gasteiger partial charge in [0.2, 0.25) is 0 Å². The average Bonchev–Trinajstić information content (AvgIpc) is 2.45. The standard InChI is InChI=1S/C15H15Br2NO3/c1-20-14-4-3-10(7-13(14)19)18-8-9-5-11(16)15(21-2)12(17)6-9/h3-7,18-19H,8H2,1-2H3. The van der Waals surface area contributed by atoms with Crippen LogP contribution < -0.4 is 14.8 Å². The summed E-state index contributed by atoms with van der Waals surface area (Å²) in [6, 6.07) is 9.18. The minimum Gasteiger partial charge on any atom is -0.504 e. The molecule has 0 amide bonds. The lowest BCUT2D eigenvalue weighted by Gasteiger charge is -2.12. The summed E-state index contributed by atoms with van der Waals surface area (Å²) in [5, 5.41) is 13.0. The van der Waals surface area contributed by atoms with Crippen molar-refractivity contribution in [2.75, 3.05) is 19.5 Å². The van der Waals surface area contributed by atoms with Crippen molar-refractivity contribution in [1.82, 2.24) is 0 Å². The Morgan fingerprint density at radius 2 is 1.71 bits per heavy atom. The third-order valence-corrected chi connectivity index (χ3v) is 4.12. The second-order valence-electron chi connectivity index (χ2n) is 4.33. The highest BCUT2D eigenvalue weighted by molar-refractivity contribution is 9.11. The summed E-state index contributed by atoms with van der Waals surface area (Å²) in [5.74, 6) is 1.33. The van der Waals surface area contributed by atoms with Gasteiger partial charge in [-0.3, -0.25) is 0 Å². The van der Waals surface area contributed by atoms with Crippen LogP contribution in [0.25, 0.3) is 0 Å². The average molecular weight is 417 g/mol. The third kappa shape index (κ3) is 3.83. The fraction of sp³-hybridized carbons (Fsp3) is 0.200. The van der Waals surface area contributed by atoms with Gasteiger partial charge in [0.05, 0.1) is 23.2 Å². The van der Waals surface area contributed by atoms with Crippen LogP contribution in [-0.2, 0) is 6.54 Å². The zero-order valence-corrected chi connectivity index (χ0v) is 14.8. The van der Waals surface area contributed by atoms with Gasteiger partial charge in [0.25, 0.3) is 0 Å². The van der Waals surface area contributed by atoms with Crippen molar-refractivity contribution in [3.63, 3.8) is 0 Å². The number of nitrogens with one attached hydrogen (secondary N) is 1. The van der Waals surface area contributed by atoms with E-state index in [0.29, 0.717) is 12.3 Å². The van der Waals surface area contributed by atoms with Crippen LogP contribution in [0.4, 0.5) is 5.69 Å². The van der Waals surface area contributed by atoms with Crippen molar-refractivity contribution in [3.8, 4) is 17.2 Å². The van der Waals surface area contributed by atoms with Gasteiger partial charge >= 0.3 is 0 Å². The number of methoxy groups -OCH3 is 2. The van der Waals surface area contributed by atoms with Crippen LogP contribution in [0.5, 0.6) is 17.2 Å².